The van der Waals surface area contributed by atoms with Gasteiger partial charge in [0.05, 0.1) is 0 Å². The van der Waals surface area contributed by atoms with Crippen LogP contribution in [0.4, 0.5) is 0 Å². The second-order valence-corrected chi connectivity index (χ2v) is 5.89. The van der Waals surface area contributed by atoms with Crippen molar-refractivity contribution in [2.75, 3.05) is 27.2 Å². The predicted octanol–water partition coefficient (Wildman–Crippen LogP) is 2.28. The van der Waals surface area contributed by atoms with Gasteiger partial charge in [-0.25, -0.2) is 0 Å². The van der Waals surface area contributed by atoms with E-state index < -0.39 is 0 Å². The van der Waals surface area contributed by atoms with Crippen molar-refractivity contribution in [2.24, 2.45) is 0 Å². The van der Waals surface area contributed by atoms with Crippen LogP contribution in [0.25, 0.3) is 0 Å². The highest BCUT2D eigenvalue weighted by molar-refractivity contribution is 5.94. The molecule has 0 fully saturated rings. The molecule has 1 aromatic carbocycles. The number of rotatable bonds is 4. The first-order valence-electron chi connectivity index (χ1n) is 6.34. The summed E-state index contributed by atoms with van der Waals surface area (Å²) in [4.78, 5) is 14.0. The summed E-state index contributed by atoms with van der Waals surface area (Å²) in [5, 5.41) is 2.93. The molecule has 0 aromatic heterocycles. The highest BCUT2D eigenvalue weighted by Gasteiger charge is 2.15. The monoisotopic (exact) mass is 248 g/mol. The molecule has 0 heterocycles. The topological polar surface area (TPSA) is 32.3 Å². The van der Waals surface area contributed by atoms with Crippen molar-refractivity contribution >= 4 is 5.91 Å². The lowest BCUT2D eigenvalue weighted by atomic mass is 9.86. The van der Waals surface area contributed by atoms with Gasteiger partial charge in [-0.05, 0) is 37.2 Å². The maximum Gasteiger partial charge on any atom is 0.251 e. The fourth-order valence-corrected chi connectivity index (χ4v) is 1.62. The van der Waals surface area contributed by atoms with Gasteiger partial charge in [-0.15, -0.1) is 0 Å². The molecule has 0 aliphatic rings. The predicted molar refractivity (Wildman–Crippen MR) is 76.0 cm³/mol. The SMILES string of the molecule is CN(C)CCNC(=O)c1cccc(C(C)(C)C)c1. The average molecular weight is 248 g/mol. The Morgan fingerprint density at radius 2 is 1.94 bits per heavy atom. The Kier molecular flexibility index (Phi) is 4.91. The third kappa shape index (κ3) is 4.49. The Labute approximate surface area is 110 Å². The summed E-state index contributed by atoms with van der Waals surface area (Å²) in [5.41, 5.74) is 1.99. The van der Waals surface area contributed by atoms with Gasteiger partial charge in [-0.3, -0.25) is 4.79 Å². The molecule has 0 saturated carbocycles. The number of amides is 1. The smallest absolute Gasteiger partial charge is 0.251 e. The number of likely N-dealkylation sites (N-methyl/N-ethyl adjacent to an activating group) is 1. The van der Waals surface area contributed by atoms with Gasteiger partial charge in [-0.1, -0.05) is 32.9 Å². The molecule has 0 spiro atoms. The quantitative estimate of drug-likeness (QED) is 0.886. The van der Waals surface area contributed by atoms with Crippen molar-refractivity contribution in [1.82, 2.24) is 10.2 Å². The molecule has 3 nitrogen and oxygen atoms in total. The zero-order chi connectivity index (χ0) is 13.8. The molecule has 0 radical (unpaired) electrons. The molecule has 18 heavy (non-hydrogen) atoms. The van der Waals surface area contributed by atoms with E-state index in [0.29, 0.717) is 6.54 Å². The minimum atomic E-state index is 0.00273. The third-order valence-corrected chi connectivity index (χ3v) is 2.84. The van der Waals surface area contributed by atoms with E-state index in [-0.39, 0.29) is 11.3 Å². The summed E-state index contributed by atoms with van der Waals surface area (Å²) < 4.78 is 0. The number of nitrogens with one attached hydrogen (secondary N) is 1. The van der Waals surface area contributed by atoms with E-state index in [4.69, 9.17) is 0 Å². The Hall–Kier alpha value is -1.35. The molecule has 0 saturated heterocycles. The van der Waals surface area contributed by atoms with Crippen LogP contribution in [-0.2, 0) is 5.41 Å². The molecule has 0 atom stereocenters. The number of benzene rings is 1. The van der Waals surface area contributed by atoms with Crippen molar-refractivity contribution in [2.45, 2.75) is 26.2 Å². The van der Waals surface area contributed by atoms with Crippen LogP contribution in [-0.4, -0.2) is 38.0 Å². The zero-order valence-corrected chi connectivity index (χ0v) is 12.1. The van der Waals surface area contributed by atoms with E-state index in [9.17, 15) is 4.79 Å². The van der Waals surface area contributed by atoms with Crippen LogP contribution >= 0.6 is 0 Å². The molecule has 0 aliphatic heterocycles. The van der Waals surface area contributed by atoms with Gasteiger partial charge >= 0.3 is 0 Å². The van der Waals surface area contributed by atoms with E-state index in [1.165, 1.54) is 5.56 Å². The van der Waals surface area contributed by atoms with Crippen LogP contribution < -0.4 is 5.32 Å². The van der Waals surface area contributed by atoms with E-state index in [2.05, 4.69) is 32.2 Å². The van der Waals surface area contributed by atoms with Crippen molar-refractivity contribution in [3.05, 3.63) is 35.4 Å². The first-order valence-corrected chi connectivity index (χ1v) is 6.34. The van der Waals surface area contributed by atoms with E-state index in [1.54, 1.807) is 0 Å². The van der Waals surface area contributed by atoms with Crippen molar-refractivity contribution in [1.29, 1.82) is 0 Å². The zero-order valence-electron chi connectivity index (χ0n) is 12.1. The molecule has 1 amide bonds. The summed E-state index contributed by atoms with van der Waals surface area (Å²) in [6, 6.07) is 7.85. The molecule has 3 heteroatoms. The number of nitrogens with zero attached hydrogens (tertiary/aromatic N) is 1. The summed E-state index contributed by atoms with van der Waals surface area (Å²) in [6.07, 6.45) is 0. The van der Waals surface area contributed by atoms with Crippen LogP contribution in [0.5, 0.6) is 0 Å². The van der Waals surface area contributed by atoms with Gasteiger partial charge in [0.1, 0.15) is 0 Å². The number of hydrogen-bond donors (Lipinski definition) is 1. The van der Waals surface area contributed by atoms with Crippen LogP contribution in [0.15, 0.2) is 24.3 Å². The van der Waals surface area contributed by atoms with E-state index in [1.807, 2.05) is 37.2 Å². The number of carbonyl (C=O) groups is 1. The van der Waals surface area contributed by atoms with Gasteiger partial charge in [0.15, 0.2) is 0 Å². The maximum atomic E-state index is 12.0. The van der Waals surface area contributed by atoms with Gasteiger partial charge in [-0.2, -0.15) is 0 Å². The summed E-state index contributed by atoms with van der Waals surface area (Å²) in [7, 11) is 3.98. The largest absolute Gasteiger partial charge is 0.351 e. The highest BCUT2D eigenvalue weighted by atomic mass is 16.1. The minimum Gasteiger partial charge on any atom is -0.351 e. The van der Waals surface area contributed by atoms with Crippen LogP contribution in [0.3, 0.4) is 0 Å². The number of hydrogen-bond acceptors (Lipinski definition) is 2. The van der Waals surface area contributed by atoms with Crippen molar-refractivity contribution in [3.63, 3.8) is 0 Å². The first kappa shape index (κ1) is 14.7. The van der Waals surface area contributed by atoms with Gasteiger partial charge in [0.25, 0.3) is 5.91 Å². The van der Waals surface area contributed by atoms with Crippen molar-refractivity contribution in [3.8, 4) is 0 Å². The molecule has 100 valence electrons. The second-order valence-electron chi connectivity index (χ2n) is 5.89. The maximum absolute atomic E-state index is 12.0. The van der Waals surface area contributed by atoms with Gasteiger partial charge in [0, 0.05) is 18.7 Å². The fourth-order valence-electron chi connectivity index (χ4n) is 1.62. The Morgan fingerprint density at radius 1 is 1.28 bits per heavy atom. The summed E-state index contributed by atoms with van der Waals surface area (Å²) in [5.74, 6) is 0.00273. The van der Waals surface area contributed by atoms with Gasteiger partial charge in [0.2, 0.25) is 0 Å². The van der Waals surface area contributed by atoms with Crippen LogP contribution in [0.2, 0.25) is 0 Å². The lowest BCUT2D eigenvalue weighted by Crippen LogP contribution is -2.31. The van der Waals surface area contributed by atoms with E-state index >= 15 is 0 Å². The van der Waals surface area contributed by atoms with Gasteiger partial charge < -0.3 is 10.2 Å². The fraction of sp³-hybridized carbons (Fsp3) is 0.533. The molecule has 1 N–H and O–H groups in total. The first-order chi connectivity index (χ1) is 8.30. The van der Waals surface area contributed by atoms with Crippen LogP contribution in [0, 0.1) is 0 Å². The molecule has 1 rings (SSSR count). The molecular weight excluding hydrogens is 224 g/mol. The van der Waals surface area contributed by atoms with E-state index in [0.717, 1.165) is 12.1 Å². The third-order valence-electron chi connectivity index (χ3n) is 2.84. The molecular formula is C15H24N2O. The lowest BCUT2D eigenvalue weighted by molar-refractivity contribution is 0.0951. The molecule has 0 unspecified atom stereocenters. The standard InChI is InChI=1S/C15H24N2O/c1-15(2,3)13-8-6-7-12(11-13)14(18)16-9-10-17(4)5/h6-8,11H,9-10H2,1-5H3,(H,16,18). The number of carbonyl (C=O) groups excluding carboxylic acids is 1. The Morgan fingerprint density at radius 3 is 2.50 bits per heavy atom. The van der Waals surface area contributed by atoms with Crippen molar-refractivity contribution < 1.29 is 4.79 Å². The lowest BCUT2D eigenvalue weighted by Gasteiger charge is -2.19. The Balaban J connectivity index is 2.69. The normalized spacial score (nSPS) is 11.7. The van der Waals surface area contributed by atoms with Crippen LogP contribution in [0.1, 0.15) is 36.7 Å². The minimum absolute atomic E-state index is 0.00273. The second kappa shape index (κ2) is 6.01. The summed E-state index contributed by atoms with van der Waals surface area (Å²) >= 11 is 0. The molecule has 1 aromatic rings. The molecule has 0 bridgehead atoms. The molecule has 0 aliphatic carbocycles. The summed E-state index contributed by atoms with van der Waals surface area (Å²) in [6.45, 7) is 7.97. The highest BCUT2D eigenvalue weighted by Crippen LogP contribution is 2.22. The Bertz CT molecular complexity index is 405. The average Bonchev–Trinajstić information content (AvgIpc) is 2.27.